The molecular weight excluding hydrogens is 240 g/mol. The first kappa shape index (κ1) is 14.2. The molecule has 0 unspecified atom stereocenters. The van der Waals surface area contributed by atoms with Gasteiger partial charge in [0.15, 0.2) is 0 Å². The van der Waals surface area contributed by atoms with Crippen molar-refractivity contribution in [1.29, 1.82) is 0 Å². The number of hydrogen-bond acceptors (Lipinski definition) is 4. The number of hydrogen-bond donors (Lipinski definition) is 1. The Kier molecular flexibility index (Phi) is 5.48. The lowest BCUT2D eigenvalue weighted by Crippen LogP contribution is -2.39. The highest BCUT2D eigenvalue weighted by Crippen LogP contribution is 2.26. The van der Waals surface area contributed by atoms with E-state index in [1.165, 1.54) is 0 Å². The van der Waals surface area contributed by atoms with Crippen molar-refractivity contribution in [2.45, 2.75) is 18.9 Å². The van der Waals surface area contributed by atoms with Crippen LogP contribution in [0.5, 0.6) is 5.75 Å². The minimum Gasteiger partial charge on any atom is -0.495 e. The topological polar surface area (TPSA) is 33.7 Å². The van der Waals surface area contributed by atoms with Crippen molar-refractivity contribution < 1.29 is 9.47 Å². The van der Waals surface area contributed by atoms with Crippen LogP contribution in [0.3, 0.4) is 0 Å². The lowest BCUT2D eigenvalue weighted by Gasteiger charge is -2.26. The molecule has 4 nitrogen and oxygen atoms in total. The van der Waals surface area contributed by atoms with E-state index in [0.29, 0.717) is 6.04 Å². The Morgan fingerprint density at radius 3 is 2.79 bits per heavy atom. The second-order valence-electron chi connectivity index (χ2n) is 4.93. The summed E-state index contributed by atoms with van der Waals surface area (Å²) in [5.74, 6) is 0.927. The summed E-state index contributed by atoms with van der Waals surface area (Å²) >= 11 is 0. The largest absolute Gasteiger partial charge is 0.495 e. The van der Waals surface area contributed by atoms with Gasteiger partial charge < -0.3 is 19.7 Å². The molecule has 0 atom stereocenters. The third kappa shape index (κ3) is 4.11. The van der Waals surface area contributed by atoms with Crippen LogP contribution in [0.1, 0.15) is 12.8 Å². The van der Waals surface area contributed by atoms with E-state index in [4.69, 9.17) is 9.47 Å². The van der Waals surface area contributed by atoms with Crippen LogP contribution in [0.15, 0.2) is 24.3 Å². The summed E-state index contributed by atoms with van der Waals surface area (Å²) < 4.78 is 10.7. The van der Waals surface area contributed by atoms with Crippen molar-refractivity contribution in [2.75, 3.05) is 45.4 Å². The molecule has 0 aliphatic carbocycles. The molecule has 0 radical (unpaired) electrons. The summed E-state index contributed by atoms with van der Waals surface area (Å²) in [7, 11) is 3.82. The van der Waals surface area contributed by atoms with E-state index in [1.807, 2.05) is 18.2 Å². The van der Waals surface area contributed by atoms with Crippen LogP contribution in [0.4, 0.5) is 5.69 Å². The van der Waals surface area contributed by atoms with Gasteiger partial charge in [-0.25, -0.2) is 0 Å². The van der Waals surface area contributed by atoms with Crippen LogP contribution in [0.25, 0.3) is 0 Å². The number of nitrogens with one attached hydrogen (secondary N) is 1. The molecule has 1 aromatic rings. The smallest absolute Gasteiger partial charge is 0.142 e. The van der Waals surface area contributed by atoms with Gasteiger partial charge in [-0.1, -0.05) is 12.1 Å². The standard InChI is InChI=1S/C15H24N2O2/c1-17(14-5-3-4-6-15(14)18-2)10-9-16-13-7-11-19-12-8-13/h3-6,13,16H,7-12H2,1-2H3. The molecule has 2 rings (SSSR count). The van der Waals surface area contributed by atoms with Gasteiger partial charge in [-0.05, 0) is 25.0 Å². The SMILES string of the molecule is COc1ccccc1N(C)CCNC1CCOCC1. The Morgan fingerprint density at radius 1 is 1.32 bits per heavy atom. The number of anilines is 1. The zero-order valence-corrected chi connectivity index (χ0v) is 11.9. The molecule has 0 spiro atoms. The first-order valence-electron chi connectivity index (χ1n) is 6.96. The first-order valence-corrected chi connectivity index (χ1v) is 6.96. The molecule has 1 aromatic carbocycles. The summed E-state index contributed by atoms with van der Waals surface area (Å²) in [6, 6.07) is 8.74. The zero-order chi connectivity index (χ0) is 13.5. The van der Waals surface area contributed by atoms with E-state index in [1.54, 1.807) is 7.11 Å². The fourth-order valence-corrected chi connectivity index (χ4v) is 2.40. The van der Waals surface area contributed by atoms with Crippen LogP contribution < -0.4 is 15.0 Å². The molecule has 0 bridgehead atoms. The molecule has 19 heavy (non-hydrogen) atoms. The van der Waals surface area contributed by atoms with Crippen molar-refractivity contribution in [3.05, 3.63) is 24.3 Å². The second-order valence-corrected chi connectivity index (χ2v) is 4.93. The third-order valence-corrected chi connectivity index (χ3v) is 3.60. The van der Waals surface area contributed by atoms with Gasteiger partial charge >= 0.3 is 0 Å². The van der Waals surface area contributed by atoms with Gasteiger partial charge in [-0.3, -0.25) is 0 Å². The average Bonchev–Trinajstić information content (AvgIpc) is 2.48. The van der Waals surface area contributed by atoms with E-state index in [2.05, 4.69) is 23.3 Å². The van der Waals surface area contributed by atoms with Gasteiger partial charge in [0.25, 0.3) is 0 Å². The number of rotatable bonds is 6. The van der Waals surface area contributed by atoms with Crippen LogP contribution in [-0.2, 0) is 4.74 Å². The van der Waals surface area contributed by atoms with E-state index in [-0.39, 0.29) is 0 Å². The maximum atomic E-state index is 5.38. The lowest BCUT2D eigenvalue weighted by atomic mass is 10.1. The number of ether oxygens (including phenoxy) is 2. The van der Waals surface area contributed by atoms with Crippen molar-refractivity contribution in [3.8, 4) is 5.75 Å². The van der Waals surface area contributed by atoms with Crippen LogP contribution in [0, 0.1) is 0 Å². The van der Waals surface area contributed by atoms with Gasteiger partial charge in [0.2, 0.25) is 0 Å². The monoisotopic (exact) mass is 264 g/mol. The van der Waals surface area contributed by atoms with Gasteiger partial charge in [-0.2, -0.15) is 0 Å². The predicted molar refractivity (Wildman–Crippen MR) is 78.1 cm³/mol. The van der Waals surface area contributed by atoms with Gasteiger partial charge in [-0.15, -0.1) is 0 Å². The van der Waals surface area contributed by atoms with Gasteiger partial charge in [0, 0.05) is 39.4 Å². The van der Waals surface area contributed by atoms with Crippen LogP contribution >= 0.6 is 0 Å². The number of likely N-dealkylation sites (N-methyl/N-ethyl adjacent to an activating group) is 1. The molecule has 1 saturated heterocycles. The highest BCUT2D eigenvalue weighted by atomic mass is 16.5. The highest BCUT2D eigenvalue weighted by Gasteiger charge is 2.13. The molecule has 1 heterocycles. The number of nitrogens with zero attached hydrogens (tertiary/aromatic N) is 1. The Bertz CT molecular complexity index is 378. The summed E-state index contributed by atoms with van der Waals surface area (Å²) in [5.41, 5.74) is 1.14. The van der Waals surface area contributed by atoms with Crippen LogP contribution in [0.2, 0.25) is 0 Å². The minimum absolute atomic E-state index is 0.611. The fourth-order valence-electron chi connectivity index (χ4n) is 2.40. The van der Waals surface area contributed by atoms with Gasteiger partial charge in [0.05, 0.1) is 12.8 Å². The summed E-state index contributed by atoms with van der Waals surface area (Å²) in [5, 5.41) is 3.60. The molecule has 1 fully saturated rings. The molecular formula is C15H24N2O2. The summed E-state index contributed by atoms with van der Waals surface area (Å²) in [4.78, 5) is 2.23. The maximum Gasteiger partial charge on any atom is 0.142 e. The van der Waals surface area contributed by atoms with E-state index >= 15 is 0 Å². The Morgan fingerprint density at radius 2 is 2.05 bits per heavy atom. The predicted octanol–water partition coefficient (Wildman–Crippen LogP) is 1.90. The first-order chi connectivity index (χ1) is 9.31. The molecule has 1 aliphatic rings. The second kappa shape index (κ2) is 7.36. The minimum atomic E-state index is 0.611. The van der Waals surface area contributed by atoms with Crippen molar-refractivity contribution in [2.24, 2.45) is 0 Å². The molecule has 1 N–H and O–H groups in total. The molecule has 106 valence electrons. The average molecular weight is 264 g/mol. The van der Waals surface area contributed by atoms with E-state index in [9.17, 15) is 0 Å². The maximum absolute atomic E-state index is 5.38. The molecule has 1 aliphatic heterocycles. The normalized spacial score (nSPS) is 16.3. The Balaban J connectivity index is 1.78. The Labute approximate surface area is 115 Å². The number of benzene rings is 1. The summed E-state index contributed by atoms with van der Waals surface area (Å²) in [6.07, 6.45) is 2.25. The summed E-state index contributed by atoms with van der Waals surface area (Å²) in [6.45, 7) is 3.73. The van der Waals surface area contributed by atoms with Crippen molar-refractivity contribution >= 4 is 5.69 Å². The van der Waals surface area contributed by atoms with Crippen molar-refractivity contribution in [1.82, 2.24) is 5.32 Å². The quantitative estimate of drug-likeness (QED) is 0.851. The lowest BCUT2D eigenvalue weighted by molar-refractivity contribution is 0.0783. The molecule has 4 heteroatoms. The fraction of sp³-hybridized carbons (Fsp3) is 0.600. The number of methoxy groups -OCH3 is 1. The Hall–Kier alpha value is -1.26. The van der Waals surface area contributed by atoms with E-state index < -0.39 is 0 Å². The molecule has 0 amide bonds. The molecule has 0 saturated carbocycles. The molecule has 0 aromatic heterocycles. The zero-order valence-electron chi connectivity index (χ0n) is 11.9. The highest BCUT2D eigenvalue weighted by molar-refractivity contribution is 5.57. The van der Waals surface area contributed by atoms with Crippen molar-refractivity contribution in [3.63, 3.8) is 0 Å². The van der Waals surface area contributed by atoms with Gasteiger partial charge in [0.1, 0.15) is 5.75 Å². The third-order valence-electron chi connectivity index (χ3n) is 3.60. The number of para-hydroxylation sites is 2. The van der Waals surface area contributed by atoms with Crippen LogP contribution in [-0.4, -0.2) is 46.5 Å². The van der Waals surface area contributed by atoms with E-state index in [0.717, 1.165) is 50.6 Å².